The normalized spacial score (nSPS) is 30.6. The molecule has 4 nitrogen and oxygen atoms in total. The Morgan fingerprint density at radius 1 is 1.38 bits per heavy atom. The molecule has 112 valence electrons. The van der Waals surface area contributed by atoms with E-state index in [4.69, 9.17) is 4.74 Å². The number of methoxy groups -OCH3 is 1. The Morgan fingerprint density at radius 2 is 2.24 bits per heavy atom. The molecule has 0 aromatic heterocycles. The quantitative estimate of drug-likeness (QED) is 0.863. The maximum absolute atomic E-state index is 12.4. The topological polar surface area (TPSA) is 49.8 Å². The molecule has 1 amide bonds. The minimum absolute atomic E-state index is 0.135. The van der Waals surface area contributed by atoms with Gasteiger partial charge in [0.1, 0.15) is 0 Å². The number of rotatable bonds is 1. The number of benzene rings is 1. The first-order valence-electron chi connectivity index (χ1n) is 7.87. The summed E-state index contributed by atoms with van der Waals surface area (Å²) in [7, 11) is 1.58. The molecule has 0 bridgehead atoms. The highest BCUT2D eigenvalue weighted by atomic mass is 16.5. The fourth-order valence-corrected chi connectivity index (χ4v) is 4.84. The third-order valence-corrected chi connectivity index (χ3v) is 5.72. The van der Waals surface area contributed by atoms with Crippen molar-refractivity contribution in [3.63, 3.8) is 0 Å². The molecule has 1 aliphatic carbocycles. The van der Waals surface area contributed by atoms with Crippen LogP contribution >= 0.6 is 0 Å². The lowest BCUT2D eigenvalue weighted by Gasteiger charge is -2.49. The van der Waals surface area contributed by atoms with Gasteiger partial charge in [-0.1, -0.05) is 12.8 Å². The van der Waals surface area contributed by atoms with Gasteiger partial charge in [0.05, 0.1) is 12.6 Å². The van der Waals surface area contributed by atoms with Gasteiger partial charge in [0, 0.05) is 13.0 Å². The Morgan fingerprint density at radius 3 is 3.05 bits per heavy atom. The summed E-state index contributed by atoms with van der Waals surface area (Å²) in [6, 6.07) is 3.82. The number of carbonyl (C=O) groups excluding carboxylic acids is 1. The number of aromatic hydroxyl groups is 1. The van der Waals surface area contributed by atoms with Gasteiger partial charge in [0.25, 0.3) is 0 Å². The summed E-state index contributed by atoms with van der Waals surface area (Å²) in [6.07, 6.45) is 6.08. The second-order valence-electron chi connectivity index (χ2n) is 6.55. The van der Waals surface area contributed by atoms with Gasteiger partial charge in [-0.3, -0.25) is 4.79 Å². The van der Waals surface area contributed by atoms with Crippen LogP contribution in [0.15, 0.2) is 12.1 Å². The first kappa shape index (κ1) is 13.0. The van der Waals surface area contributed by atoms with E-state index in [0.29, 0.717) is 24.0 Å². The molecule has 0 radical (unpaired) electrons. The Balaban J connectivity index is 1.93. The van der Waals surface area contributed by atoms with Crippen LogP contribution in [0.25, 0.3) is 0 Å². The van der Waals surface area contributed by atoms with Crippen LogP contribution in [0.5, 0.6) is 11.5 Å². The molecule has 2 aliphatic heterocycles. The molecule has 0 unspecified atom stereocenters. The summed E-state index contributed by atoms with van der Waals surface area (Å²) in [6.45, 7) is 0.786. The zero-order chi connectivity index (χ0) is 14.6. The van der Waals surface area contributed by atoms with Crippen molar-refractivity contribution in [1.29, 1.82) is 0 Å². The molecule has 21 heavy (non-hydrogen) atoms. The molecule has 1 spiro atoms. The molecule has 2 fully saturated rings. The van der Waals surface area contributed by atoms with E-state index in [9.17, 15) is 9.90 Å². The van der Waals surface area contributed by atoms with Crippen LogP contribution in [0.3, 0.4) is 0 Å². The lowest BCUT2D eigenvalue weighted by atomic mass is 9.66. The van der Waals surface area contributed by atoms with Gasteiger partial charge in [0.2, 0.25) is 5.91 Å². The fourth-order valence-electron chi connectivity index (χ4n) is 4.84. The van der Waals surface area contributed by atoms with Crippen LogP contribution in [0.1, 0.15) is 43.2 Å². The average molecular weight is 287 g/mol. The number of fused-ring (bicyclic) bond motifs is 1. The van der Waals surface area contributed by atoms with Crippen molar-refractivity contribution in [3.8, 4) is 11.5 Å². The van der Waals surface area contributed by atoms with E-state index < -0.39 is 0 Å². The van der Waals surface area contributed by atoms with Crippen LogP contribution in [-0.4, -0.2) is 29.6 Å². The standard InChI is InChI=1S/C17H21NO3/c1-21-15-10-13-11(8-14(15)19)5-7-18-16(20)9-12-4-2-3-6-17(12,13)18/h8,10,12,19H,2-7,9H2,1H3/t12-,17+/m0/s1. The van der Waals surface area contributed by atoms with E-state index >= 15 is 0 Å². The smallest absolute Gasteiger partial charge is 0.223 e. The molecule has 3 aliphatic rings. The number of phenolic OH excluding ortho intramolecular Hbond substituents is 1. The number of carbonyl (C=O) groups is 1. The number of phenols is 1. The number of hydrogen-bond acceptors (Lipinski definition) is 3. The maximum Gasteiger partial charge on any atom is 0.223 e. The van der Waals surface area contributed by atoms with E-state index in [2.05, 4.69) is 4.90 Å². The van der Waals surface area contributed by atoms with Crippen LogP contribution < -0.4 is 4.74 Å². The van der Waals surface area contributed by atoms with Crippen LogP contribution in [0, 0.1) is 5.92 Å². The third kappa shape index (κ3) is 1.59. The van der Waals surface area contributed by atoms with Crippen LogP contribution in [0.4, 0.5) is 0 Å². The molecule has 2 atom stereocenters. The lowest BCUT2D eigenvalue weighted by Crippen LogP contribution is -2.52. The van der Waals surface area contributed by atoms with Crippen molar-refractivity contribution in [2.24, 2.45) is 5.92 Å². The van der Waals surface area contributed by atoms with E-state index in [1.54, 1.807) is 7.11 Å². The molecule has 4 rings (SSSR count). The van der Waals surface area contributed by atoms with E-state index in [0.717, 1.165) is 25.8 Å². The number of amides is 1. The second kappa shape index (κ2) is 4.39. The Kier molecular flexibility index (Phi) is 2.72. The molecular formula is C17H21NO3. The number of ether oxygens (including phenoxy) is 1. The number of hydrogen-bond donors (Lipinski definition) is 1. The van der Waals surface area contributed by atoms with Gasteiger partial charge in [-0.15, -0.1) is 0 Å². The van der Waals surface area contributed by atoms with Crippen molar-refractivity contribution in [2.45, 2.75) is 44.1 Å². The first-order valence-corrected chi connectivity index (χ1v) is 7.87. The van der Waals surface area contributed by atoms with E-state index in [1.807, 2.05) is 12.1 Å². The van der Waals surface area contributed by atoms with Crippen LogP contribution in [0.2, 0.25) is 0 Å². The molecule has 2 heterocycles. The molecule has 1 aromatic rings. The van der Waals surface area contributed by atoms with Crippen molar-refractivity contribution in [2.75, 3.05) is 13.7 Å². The summed E-state index contributed by atoms with van der Waals surface area (Å²) in [5, 5.41) is 10.0. The monoisotopic (exact) mass is 287 g/mol. The predicted molar refractivity (Wildman–Crippen MR) is 78.3 cm³/mol. The van der Waals surface area contributed by atoms with E-state index in [1.165, 1.54) is 24.0 Å². The zero-order valence-corrected chi connectivity index (χ0v) is 12.4. The van der Waals surface area contributed by atoms with Gasteiger partial charge in [0.15, 0.2) is 11.5 Å². The summed E-state index contributed by atoms with van der Waals surface area (Å²) in [5.41, 5.74) is 2.27. The van der Waals surface area contributed by atoms with Gasteiger partial charge in [-0.25, -0.2) is 0 Å². The summed E-state index contributed by atoms with van der Waals surface area (Å²) in [4.78, 5) is 14.6. The van der Waals surface area contributed by atoms with Crippen molar-refractivity contribution in [1.82, 2.24) is 4.90 Å². The van der Waals surface area contributed by atoms with E-state index in [-0.39, 0.29) is 11.3 Å². The van der Waals surface area contributed by atoms with Gasteiger partial charge < -0.3 is 14.7 Å². The highest BCUT2D eigenvalue weighted by Gasteiger charge is 2.56. The Hall–Kier alpha value is -1.71. The highest BCUT2D eigenvalue weighted by molar-refractivity contribution is 5.81. The highest BCUT2D eigenvalue weighted by Crippen LogP contribution is 2.56. The number of nitrogens with zero attached hydrogens (tertiary/aromatic N) is 1. The van der Waals surface area contributed by atoms with Crippen molar-refractivity contribution < 1.29 is 14.6 Å². The fraction of sp³-hybridized carbons (Fsp3) is 0.588. The molecule has 1 saturated heterocycles. The summed E-state index contributed by atoms with van der Waals surface area (Å²) in [5.74, 6) is 1.46. The predicted octanol–water partition coefficient (Wildman–Crippen LogP) is 2.57. The molecule has 4 heteroatoms. The first-order chi connectivity index (χ1) is 10.2. The van der Waals surface area contributed by atoms with Crippen molar-refractivity contribution in [3.05, 3.63) is 23.3 Å². The molecule has 1 N–H and O–H groups in total. The minimum atomic E-state index is -0.135. The molecule has 1 aromatic carbocycles. The van der Waals surface area contributed by atoms with Crippen LogP contribution in [-0.2, 0) is 16.8 Å². The third-order valence-electron chi connectivity index (χ3n) is 5.72. The summed E-state index contributed by atoms with van der Waals surface area (Å²) >= 11 is 0. The lowest BCUT2D eigenvalue weighted by molar-refractivity contribution is -0.132. The average Bonchev–Trinajstić information content (AvgIpc) is 2.79. The zero-order valence-electron chi connectivity index (χ0n) is 12.4. The largest absolute Gasteiger partial charge is 0.504 e. The maximum atomic E-state index is 12.4. The Bertz CT molecular complexity index is 612. The van der Waals surface area contributed by atoms with Gasteiger partial charge in [-0.2, -0.15) is 0 Å². The SMILES string of the molecule is COc1cc2c(cc1O)CCN1C(=O)C[C@@H]3CCCC[C@]231. The Labute approximate surface area is 124 Å². The molecule has 1 saturated carbocycles. The summed E-state index contributed by atoms with van der Waals surface area (Å²) < 4.78 is 5.31. The second-order valence-corrected chi connectivity index (χ2v) is 6.55. The minimum Gasteiger partial charge on any atom is -0.504 e. The van der Waals surface area contributed by atoms with Crippen molar-refractivity contribution >= 4 is 5.91 Å². The molecular weight excluding hydrogens is 266 g/mol. The van der Waals surface area contributed by atoms with Gasteiger partial charge in [-0.05, 0) is 48.4 Å². The van der Waals surface area contributed by atoms with Gasteiger partial charge >= 0.3 is 0 Å².